The highest BCUT2D eigenvalue weighted by atomic mass is 32.1. The largest absolute Gasteiger partial charge is 0.311 e. The van der Waals surface area contributed by atoms with Crippen LogP contribution in [0.2, 0.25) is 0 Å². The van der Waals surface area contributed by atoms with Gasteiger partial charge in [0.1, 0.15) is 0 Å². The van der Waals surface area contributed by atoms with Crippen molar-refractivity contribution in [2.45, 2.75) is 10.8 Å². The summed E-state index contributed by atoms with van der Waals surface area (Å²) in [4.78, 5) is 2.38. The van der Waals surface area contributed by atoms with Crippen LogP contribution in [0.5, 0.6) is 0 Å². The summed E-state index contributed by atoms with van der Waals surface area (Å²) in [6, 6.07) is 92.6. The van der Waals surface area contributed by atoms with Gasteiger partial charge in [0.05, 0.1) is 10.8 Å². The SMILES string of the molecule is c1ccc(N(c2ccc(-c3cccc4c3sc3ccccc34)cc2)c2ccc(C3(c4ccccc4)c4ccccc4C4(c5ccccc5)c5ccccc5-c5cccc3c54)cc2)cc1. The first-order valence-electron chi connectivity index (χ1n) is 22.2. The van der Waals surface area contributed by atoms with E-state index in [9.17, 15) is 0 Å². The quantitative estimate of drug-likeness (QED) is 0.155. The Hall–Kier alpha value is -7.78. The summed E-state index contributed by atoms with van der Waals surface area (Å²) >= 11 is 1.88. The molecule has 13 rings (SSSR count). The van der Waals surface area contributed by atoms with Crippen LogP contribution in [0.3, 0.4) is 0 Å². The van der Waals surface area contributed by atoms with E-state index in [1.807, 2.05) is 11.3 Å². The number of hydrogen-bond donors (Lipinski definition) is 0. The van der Waals surface area contributed by atoms with Gasteiger partial charge in [0.2, 0.25) is 0 Å². The van der Waals surface area contributed by atoms with Gasteiger partial charge in [0.15, 0.2) is 0 Å². The Kier molecular flexibility index (Phi) is 8.28. The van der Waals surface area contributed by atoms with Crippen molar-refractivity contribution in [3.8, 4) is 22.3 Å². The van der Waals surface area contributed by atoms with Crippen LogP contribution in [0.1, 0.15) is 44.5 Å². The average Bonchev–Trinajstić information content (AvgIpc) is 3.91. The summed E-state index contributed by atoms with van der Waals surface area (Å²) in [6.45, 7) is 0. The molecule has 0 radical (unpaired) electrons. The molecule has 0 spiro atoms. The third kappa shape index (κ3) is 5.12. The van der Waals surface area contributed by atoms with Gasteiger partial charge in [-0.2, -0.15) is 0 Å². The molecule has 2 heteroatoms. The molecule has 0 fully saturated rings. The van der Waals surface area contributed by atoms with Crippen molar-refractivity contribution in [3.05, 3.63) is 293 Å². The molecular formula is C62H41NS. The molecule has 0 saturated heterocycles. The molecule has 0 aliphatic heterocycles. The second-order valence-electron chi connectivity index (χ2n) is 17.1. The van der Waals surface area contributed by atoms with E-state index in [0.29, 0.717) is 0 Å². The second kappa shape index (κ2) is 14.4. The number of hydrogen-bond acceptors (Lipinski definition) is 2. The number of thiophene rings is 1. The predicted octanol–water partition coefficient (Wildman–Crippen LogP) is 16.3. The molecule has 0 bridgehead atoms. The van der Waals surface area contributed by atoms with Gasteiger partial charge in [-0.3, -0.25) is 0 Å². The molecule has 0 N–H and O–H groups in total. The monoisotopic (exact) mass is 831 g/mol. The van der Waals surface area contributed by atoms with E-state index >= 15 is 0 Å². The first kappa shape index (κ1) is 36.8. The topological polar surface area (TPSA) is 3.24 Å². The van der Waals surface area contributed by atoms with Crippen LogP contribution in [-0.4, -0.2) is 0 Å². The third-order valence-corrected chi connectivity index (χ3v) is 15.2. The predicted molar refractivity (Wildman–Crippen MR) is 269 cm³/mol. The van der Waals surface area contributed by atoms with E-state index in [1.165, 1.54) is 86.9 Å². The number of fused-ring (bicyclic) bond motifs is 8. The molecule has 2 aliphatic rings. The minimum absolute atomic E-state index is 0.475. The van der Waals surface area contributed by atoms with Gasteiger partial charge in [-0.05, 0) is 109 Å². The van der Waals surface area contributed by atoms with Crippen molar-refractivity contribution in [1.29, 1.82) is 0 Å². The molecule has 10 aromatic carbocycles. The Bertz CT molecular complexity index is 3540. The Morgan fingerprint density at radius 2 is 0.766 bits per heavy atom. The maximum atomic E-state index is 2.41. The van der Waals surface area contributed by atoms with Gasteiger partial charge in [-0.25, -0.2) is 0 Å². The van der Waals surface area contributed by atoms with Crippen molar-refractivity contribution in [3.63, 3.8) is 0 Å². The molecule has 2 aliphatic carbocycles. The van der Waals surface area contributed by atoms with Gasteiger partial charge in [-0.1, -0.05) is 206 Å². The minimum Gasteiger partial charge on any atom is -0.311 e. The zero-order valence-electron chi connectivity index (χ0n) is 35.0. The molecule has 64 heavy (non-hydrogen) atoms. The molecule has 2 atom stereocenters. The lowest BCUT2D eigenvalue weighted by atomic mass is 9.52. The van der Waals surface area contributed by atoms with Gasteiger partial charge < -0.3 is 4.90 Å². The molecule has 1 aromatic heterocycles. The van der Waals surface area contributed by atoms with Crippen LogP contribution < -0.4 is 4.90 Å². The number of rotatable bonds is 7. The highest BCUT2D eigenvalue weighted by Crippen LogP contribution is 2.65. The lowest BCUT2D eigenvalue weighted by Crippen LogP contribution is -2.44. The van der Waals surface area contributed by atoms with E-state index in [0.717, 1.165) is 17.1 Å². The van der Waals surface area contributed by atoms with Crippen molar-refractivity contribution in [1.82, 2.24) is 0 Å². The molecule has 2 unspecified atom stereocenters. The maximum absolute atomic E-state index is 2.41. The molecule has 0 amide bonds. The average molecular weight is 832 g/mol. The van der Waals surface area contributed by atoms with E-state index < -0.39 is 10.8 Å². The van der Waals surface area contributed by atoms with Crippen LogP contribution in [0.4, 0.5) is 17.1 Å². The number of benzene rings is 10. The Labute approximate surface area is 377 Å². The van der Waals surface area contributed by atoms with Gasteiger partial charge in [0.25, 0.3) is 0 Å². The van der Waals surface area contributed by atoms with Crippen molar-refractivity contribution in [2.24, 2.45) is 0 Å². The zero-order chi connectivity index (χ0) is 42.2. The normalized spacial score (nSPS) is 16.9. The first-order valence-corrected chi connectivity index (χ1v) is 23.0. The summed E-state index contributed by atoms with van der Waals surface area (Å²) in [6.07, 6.45) is 0. The van der Waals surface area contributed by atoms with Crippen molar-refractivity contribution in [2.75, 3.05) is 4.90 Å². The first-order chi connectivity index (χ1) is 31.8. The van der Waals surface area contributed by atoms with Crippen LogP contribution in [0.15, 0.2) is 249 Å². The molecule has 1 nitrogen and oxygen atoms in total. The Balaban J connectivity index is 0.999. The number of para-hydroxylation sites is 1. The second-order valence-corrected chi connectivity index (χ2v) is 18.1. The van der Waals surface area contributed by atoms with Crippen molar-refractivity contribution < 1.29 is 0 Å². The van der Waals surface area contributed by atoms with Gasteiger partial charge >= 0.3 is 0 Å². The maximum Gasteiger partial charge on any atom is 0.0720 e. The molecule has 11 aromatic rings. The fourth-order valence-electron chi connectivity index (χ4n) is 11.5. The van der Waals surface area contributed by atoms with Crippen LogP contribution >= 0.6 is 11.3 Å². The summed E-state index contributed by atoms with van der Waals surface area (Å²) in [7, 11) is 0. The minimum atomic E-state index is -0.602. The van der Waals surface area contributed by atoms with E-state index in [1.54, 1.807) is 0 Å². The standard InChI is InChI=1S/C62H41NS/c1-4-18-43(19-5-1)61(55-30-13-14-31-56(55)62(44-20-6-2-7-21-44)54-29-12-10-24-50(54)52-27-17-32-57(61)59(52)62)45-36-40-48(41-37-45)63(46-22-8-3-9-23-46)47-38-34-42(35-39-47)49-26-16-28-53-51-25-11-15-33-58(51)64-60(49)53/h1-41H. The highest BCUT2D eigenvalue weighted by Gasteiger charge is 2.57. The fourth-order valence-corrected chi connectivity index (χ4v) is 12.7. The van der Waals surface area contributed by atoms with Crippen molar-refractivity contribution >= 4 is 48.6 Å². The summed E-state index contributed by atoms with van der Waals surface area (Å²) in [5.41, 5.74) is 17.8. The summed E-state index contributed by atoms with van der Waals surface area (Å²) in [5, 5.41) is 2.64. The lowest BCUT2D eigenvalue weighted by Gasteiger charge is -2.49. The van der Waals surface area contributed by atoms with Crippen LogP contribution in [0, 0.1) is 0 Å². The lowest BCUT2D eigenvalue weighted by molar-refractivity contribution is 0.626. The highest BCUT2D eigenvalue weighted by molar-refractivity contribution is 7.26. The molecular weight excluding hydrogens is 791 g/mol. The van der Waals surface area contributed by atoms with Crippen LogP contribution in [0.25, 0.3) is 42.4 Å². The Morgan fingerprint density at radius 3 is 1.48 bits per heavy atom. The zero-order valence-corrected chi connectivity index (χ0v) is 35.8. The fraction of sp³-hybridized carbons (Fsp3) is 0.0323. The molecule has 1 heterocycles. The van der Waals surface area contributed by atoms with Gasteiger partial charge in [0, 0.05) is 37.2 Å². The smallest absolute Gasteiger partial charge is 0.0720 e. The number of anilines is 3. The number of nitrogens with zero attached hydrogens (tertiary/aromatic N) is 1. The summed E-state index contributed by atoms with van der Waals surface area (Å²) < 4.78 is 2.65. The van der Waals surface area contributed by atoms with E-state index in [4.69, 9.17) is 0 Å². The molecule has 300 valence electrons. The van der Waals surface area contributed by atoms with E-state index in [-0.39, 0.29) is 0 Å². The van der Waals surface area contributed by atoms with Gasteiger partial charge in [-0.15, -0.1) is 11.3 Å². The summed E-state index contributed by atoms with van der Waals surface area (Å²) in [5.74, 6) is 0. The third-order valence-electron chi connectivity index (χ3n) is 14.0. The van der Waals surface area contributed by atoms with E-state index in [2.05, 4.69) is 254 Å². The van der Waals surface area contributed by atoms with Crippen LogP contribution in [-0.2, 0) is 10.8 Å². The Morgan fingerprint density at radius 1 is 0.297 bits per heavy atom. The molecule has 0 saturated carbocycles.